The third-order valence-electron chi connectivity index (χ3n) is 3.55. The molecule has 2 aromatic rings. The average molecular weight is 380 g/mol. The Hall–Kier alpha value is -2.04. The number of nitrogens with one attached hydrogen (secondary N) is 1. The zero-order valence-electron chi connectivity index (χ0n) is 14.2. The van der Waals surface area contributed by atoms with Crippen LogP contribution in [0.25, 0.3) is 0 Å². The van der Waals surface area contributed by atoms with Gasteiger partial charge >= 0.3 is 5.97 Å². The number of carbonyl (C=O) groups is 2. The molecule has 1 amide bonds. The molecule has 4 nitrogen and oxygen atoms in total. The van der Waals surface area contributed by atoms with E-state index in [-0.39, 0.29) is 10.4 Å². The van der Waals surface area contributed by atoms with E-state index in [2.05, 4.69) is 26.1 Å². The van der Waals surface area contributed by atoms with Crippen LogP contribution in [-0.2, 0) is 14.9 Å². The molecule has 0 spiro atoms. The van der Waals surface area contributed by atoms with Crippen molar-refractivity contribution in [2.75, 3.05) is 11.9 Å². The van der Waals surface area contributed by atoms with Gasteiger partial charge in [0.2, 0.25) is 0 Å². The molecule has 0 saturated carbocycles. The summed E-state index contributed by atoms with van der Waals surface area (Å²) in [5.74, 6) is -1.06. The number of benzene rings is 2. The molecule has 0 aliphatic heterocycles. The van der Waals surface area contributed by atoms with Crippen molar-refractivity contribution in [1.29, 1.82) is 0 Å². The third kappa shape index (κ3) is 5.21. The molecular weight excluding hydrogens is 361 g/mol. The Morgan fingerprint density at radius 3 is 2.28 bits per heavy atom. The Morgan fingerprint density at radius 2 is 1.68 bits per heavy atom. The summed E-state index contributed by atoms with van der Waals surface area (Å²) in [6.45, 7) is 5.85. The Morgan fingerprint density at radius 1 is 1.04 bits per heavy atom. The van der Waals surface area contributed by atoms with Crippen LogP contribution in [0.5, 0.6) is 0 Å². The van der Waals surface area contributed by atoms with Gasteiger partial charge in [0.1, 0.15) is 0 Å². The zero-order valence-corrected chi connectivity index (χ0v) is 15.7. The number of amides is 1. The monoisotopic (exact) mass is 379 g/mol. The molecule has 0 aliphatic rings. The van der Waals surface area contributed by atoms with Gasteiger partial charge in [0.15, 0.2) is 6.61 Å². The van der Waals surface area contributed by atoms with Crippen molar-refractivity contribution >= 4 is 40.8 Å². The highest BCUT2D eigenvalue weighted by atomic mass is 35.5. The first-order valence-electron chi connectivity index (χ1n) is 7.70. The van der Waals surface area contributed by atoms with Gasteiger partial charge < -0.3 is 10.1 Å². The number of esters is 1. The molecule has 0 unspecified atom stereocenters. The molecule has 0 aromatic heterocycles. The minimum Gasteiger partial charge on any atom is -0.452 e. The molecule has 25 heavy (non-hydrogen) atoms. The summed E-state index contributed by atoms with van der Waals surface area (Å²) in [5, 5.41) is 3.12. The maximum Gasteiger partial charge on any atom is 0.338 e. The second-order valence-corrected chi connectivity index (χ2v) is 7.34. The van der Waals surface area contributed by atoms with E-state index in [9.17, 15) is 9.59 Å². The van der Waals surface area contributed by atoms with Crippen LogP contribution in [0.2, 0.25) is 10.0 Å². The molecule has 0 bridgehead atoms. The van der Waals surface area contributed by atoms with Gasteiger partial charge in [0, 0.05) is 0 Å². The molecule has 0 fully saturated rings. The van der Waals surface area contributed by atoms with Crippen molar-refractivity contribution in [3.63, 3.8) is 0 Å². The largest absolute Gasteiger partial charge is 0.452 e. The molecule has 6 heteroatoms. The van der Waals surface area contributed by atoms with Gasteiger partial charge in [-0.3, -0.25) is 4.79 Å². The maximum atomic E-state index is 12.0. The molecule has 0 atom stereocenters. The number of hydrogen-bond acceptors (Lipinski definition) is 3. The maximum absolute atomic E-state index is 12.0. The fourth-order valence-corrected chi connectivity index (χ4v) is 2.46. The molecule has 2 rings (SSSR count). The topological polar surface area (TPSA) is 55.4 Å². The SMILES string of the molecule is CC(C)(C)c1ccc(C(=O)OCC(=O)Nc2cccc(Cl)c2Cl)cc1. The van der Waals surface area contributed by atoms with E-state index in [1.54, 1.807) is 30.3 Å². The Kier molecular flexibility index (Phi) is 6.09. The van der Waals surface area contributed by atoms with Crippen molar-refractivity contribution in [1.82, 2.24) is 0 Å². The standard InChI is InChI=1S/C19H19Cl2NO3/c1-19(2,3)13-9-7-12(8-10-13)18(24)25-11-16(23)22-15-6-4-5-14(20)17(15)21/h4-10H,11H2,1-3H3,(H,22,23). The number of hydrogen-bond donors (Lipinski definition) is 1. The summed E-state index contributed by atoms with van der Waals surface area (Å²) in [7, 11) is 0. The number of rotatable bonds is 4. The van der Waals surface area contributed by atoms with E-state index >= 15 is 0 Å². The highest BCUT2D eigenvalue weighted by Gasteiger charge is 2.16. The van der Waals surface area contributed by atoms with Crippen molar-refractivity contribution < 1.29 is 14.3 Å². The van der Waals surface area contributed by atoms with Gasteiger partial charge in [-0.1, -0.05) is 62.2 Å². The second kappa shape index (κ2) is 7.89. The van der Waals surface area contributed by atoms with Gasteiger partial charge in [-0.15, -0.1) is 0 Å². The van der Waals surface area contributed by atoms with E-state index in [1.165, 1.54) is 0 Å². The van der Waals surface area contributed by atoms with E-state index in [4.69, 9.17) is 27.9 Å². The molecule has 132 valence electrons. The molecule has 0 heterocycles. The lowest BCUT2D eigenvalue weighted by atomic mass is 9.87. The highest BCUT2D eigenvalue weighted by Crippen LogP contribution is 2.29. The summed E-state index contributed by atoms with van der Waals surface area (Å²) in [6.07, 6.45) is 0. The van der Waals surface area contributed by atoms with Crippen molar-refractivity contribution in [3.8, 4) is 0 Å². The fraction of sp³-hybridized carbons (Fsp3) is 0.263. The summed E-state index contributed by atoms with van der Waals surface area (Å²) in [4.78, 5) is 23.9. The van der Waals surface area contributed by atoms with Gasteiger partial charge in [-0.2, -0.15) is 0 Å². The summed E-state index contributed by atoms with van der Waals surface area (Å²) in [6, 6.07) is 12.0. The molecular formula is C19H19Cl2NO3. The average Bonchev–Trinajstić information content (AvgIpc) is 2.56. The van der Waals surface area contributed by atoms with Crippen LogP contribution in [0.3, 0.4) is 0 Å². The lowest BCUT2D eigenvalue weighted by Crippen LogP contribution is -2.21. The quantitative estimate of drug-likeness (QED) is 0.752. The van der Waals surface area contributed by atoms with Crippen molar-refractivity contribution in [2.24, 2.45) is 0 Å². The van der Waals surface area contributed by atoms with Gasteiger partial charge in [-0.25, -0.2) is 4.79 Å². The molecule has 0 radical (unpaired) electrons. The van der Waals surface area contributed by atoms with Crippen LogP contribution >= 0.6 is 23.2 Å². The lowest BCUT2D eigenvalue weighted by Gasteiger charge is -2.18. The molecule has 0 aliphatic carbocycles. The van der Waals surface area contributed by atoms with Crippen molar-refractivity contribution in [3.05, 3.63) is 63.6 Å². The van der Waals surface area contributed by atoms with Gasteiger partial charge in [0.25, 0.3) is 5.91 Å². The number of anilines is 1. The first kappa shape index (κ1) is 19.3. The normalized spacial score (nSPS) is 11.1. The van der Waals surface area contributed by atoms with Gasteiger partial charge in [-0.05, 0) is 35.2 Å². The molecule has 1 N–H and O–H groups in total. The minimum absolute atomic E-state index is 0.00144. The van der Waals surface area contributed by atoms with Crippen LogP contribution in [0.15, 0.2) is 42.5 Å². The summed E-state index contributed by atoms with van der Waals surface area (Å²) in [5.41, 5.74) is 1.86. The van der Waals surface area contributed by atoms with E-state index in [0.717, 1.165) is 5.56 Å². The first-order chi connectivity index (χ1) is 11.7. The fourth-order valence-electron chi connectivity index (χ4n) is 2.11. The number of halogens is 2. The van der Waals surface area contributed by atoms with E-state index in [0.29, 0.717) is 16.3 Å². The Balaban J connectivity index is 1.93. The minimum atomic E-state index is -0.562. The predicted octanol–water partition coefficient (Wildman–Crippen LogP) is 5.09. The molecule has 2 aromatic carbocycles. The highest BCUT2D eigenvalue weighted by molar-refractivity contribution is 6.44. The van der Waals surface area contributed by atoms with E-state index < -0.39 is 18.5 Å². The number of ether oxygens (including phenoxy) is 1. The van der Waals surface area contributed by atoms with E-state index in [1.807, 2.05) is 12.1 Å². The van der Waals surface area contributed by atoms with Crippen LogP contribution in [-0.4, -0.2) is 18.5 Å². The summed E-state index contributed by atoms with van der Waals surface area (Å²) >= 11 is 11.9. The Labute approximate surface area is 157 Å². The molecule has 0 saturated heterocycles. The summed E-state index contributed by atoms with van der Waals surface area (Å²) < 4.78 is 5.03. The third-order valence-corrected chi connectivity index (χ3v) is 4.37. The van der Waals surface area contributed by atoms with Crippen LogP contribution < -0.4 is 5.32 Å². The smallest absolute Gasteiger partial charge is 0.338 e. The first-order valence-corrected chi connectivity index (χ1v) is 8.45. The van der Waals surface area contributed by atoms with Gasteiger partial charge in [0.05, 0.1) is 21.3 Å². The number of carbonyl (C=O) groups excluding carboxylic acids is 2. The lowest BCUT2D eigenvalue weighted by molar-refractivity contribution is -0.119. The second-order valence-electron chi connectivity index (χ2n) is 6.55. The van der Waals surface area contributed by atoms with Crippen LogP contribution in [0.4, 0.5) is 5.69 Å². The van der Waals surface area contributed by atoms with Crippen molar-refractivity contribution in [2.45, 2.75) is 26.2 Å². The Bertz CT molecular complexity index is 780. The zero-order chi connectivity index (χ0) is 18.6. The predicted molar refractivity (Wildman–Crippen MR) is 101 cm³/mol. The van der Waals surface area contributed by atoms with Crippen LogP contribution in [0.1, 0.15) is 36.7 Å². The van der Waals surface area contributed by atoms with Crippen LogP contribution in [0, 0.1) is 0 Å².